The van der Waals surface area contributed by atoms with Crippen LogP contribution in [0.25, 0.3) is 0 Å². The van der Waals surface area contributed by atoms with Gasteiger partial charge in [-0.1, -0.05) is 18.2 Å². The van der Waals surface area contributed by atoms with Crippen molar-refractivity contribution in [1.82, 2.24) is 9.80 Å². The molecule has 1 saturated heterocycles. The van der Waals surface area contributed by atoms with Crippen LogP contribution >= 0.6 is 0 Å². The lowest BCUT2D eigenvalue weighted by Gasteiger charge is -2.29. The summed E-state index contributed by atoms with van der Waals surface area (Å²) in [6.45, 7) is 6.07. The van der Waals surface area contributed by atoms with Crippen molar-refractivity contribution in [2.45, 2.75) is 51.7 Å². The quantitative estimate of drug-likeness (QED) is 0.930. The lowest BCUT2D eigenvalue weighted by molar-refractivity contribution is -0.136. The number of hydrogen-bond donors (Lipinski definition) is 1. The third kappa shape index (κ3) is 3.55. The van der Waals surface area contributed by atoms with E-state index in [9.17, 15) is 9.59 Å². The molecule has 5 heteroatoms. The molecule has 1 aromatic rings. The van der Waals surface area contributed by atoms with Gasteiger partial charge >= 0.3 is 0 Å². The first-order chi connectivity index (χ1) is 11.0. The standard InChI is InChI=1S/C18H25N3O2/c1-13(2)21-9-5-7-15(21)10-18(23)20-11-14-6-3-4-8-16(14)19-17(22)12-20/h3-4,6,8,13,15H,5,7,9-12H2,1-2H3,(H,19,22). The fraction of sp³-hybridized carbons (Fsp3) is 0.556. The number of carbonyl (C=O) groups excluding carboxylic acids is 2. The van der Waals surface area contributed by atoms with E-state index in [-0.39, 0.29) is 18.4 Å². The maximum absolute atomic E-state index is 12.7. The first-order valence-corrected chi connectivity index (χ1v) is 8.46. The highest BCUT2D eigenvalue weighted by molar-refractivity contribution is 5.96. The fourth-order valence-electron chi connectivity index (χ4n) is 3.67. The Kier molecular flexibility index (Phi) is 4.66. The van der Waals surface area contributed by atoms with Gasteiger partial charge in [0, 0.05) is 30.7 Å². The predicted octanol–water partition coefficient (Wildman–Crippen LogP) is 2.23. The first-order valence-electron chi connectivity index (χ1n) is 8.46. The Labute approximate surface area is 137 Å². The van der Waals surface area contributed by atoms with Gasteiger partial charge in [-0.05, 0) is 44.9 Å². The molecule has 1 N–H and O–H groups in total. The van der Waals surface area contributed by atoms with Gasteiger partial charge in [-0.15, -0.1) is 0 Å². The molecule has 0 spiro atoms. The Morgan fingerprint density at radius 1 is 1.30 bits per heavy atom. The molecule has 0 bridgehead atoms. The molecule has 1 aromatic carbocycles. The maximum Gasteiger partial charge on any atom is 0.244 e. The lowest BCUT2D eigenvalue weighted by atomic mass is 10.1. The molecule has 0 radical (unpaired) electrons. The molecule has 124 valence electrons. The van der Waals surface area contributed by atoms with E-state index in [1.807, 2.05) is 24.3 Å². The summed E-state index contributed by atoms with van der Waals surface area (Å²) >= 11 is 0. The van der Waals surface area contributed by atoms with Crippen LogP contribution in [0, 0.1) is 0 Å². The first kappa shape index (κ1) is 16.0. The zero-order valence-electron chi connectivity index (χ0n) is 13.9. The van der Waals surface area contributed by atoms with Crippen LogP contribution in [0.2, 0.25) is 0 Å². The Bertz CT molecular complexity index is 600. The summed E-state index contributed by atoms with van der Waals surface area (Å²) in [6, 6.07) is 8.47. The van der Waals surface area contributed by atoms with Gasteiger partial charge in [0.15, 0.2) is 0 Å². The topological polar surface area (TPSA) is 52.7 Å². The van der Waals surface area contributed by atoms with Crippen LogP contribution in [0.4, 0.5) is 5.69 Å². The zero-order valence-corrected chi connectivity index (χ0v) is 13.9. The number of nitrogens with one attached hydrogen (secondary N) is 1. The van der Waals surface area contributed by atoms with Crippen molar-refractivity contribution < 1.29 is 9.59 Å². The Morgan fingerprint density at radius 2 is 2.09 bits per heavy atom. The second-order valence-electron chi connectivity index (χ2n) is 6.79. The van der Waals surface area contributed by atoms with Crippen LogP contribution in [0.1, 0.15) is 38.7 Å². The predicted molar refractivity (Wildman–Crippen MR) is 90.0 cm³/mol. The molecule has 0 aromatic heterocycles. The lowest BCUT2D eigenvalue weighted by Crippen LogP contribution is -2.41. The molecule has 23 heavy (non-hydrogen) atoms. The SMILES string of the molecule is CC(C)N1CCCC1CC(=O)N1CC(=O)Nc2ccccc2C1. The van der Waals surface area contributed by atoms with Crippen molar-refractivity contribution in [3.8, 4) is 0 Å². The van der Waals surface area contributed by atoms with E-state index in [2.05, 4.69) is 24.1 Å². The molecule has 5 nitrogen and oxygen atoms in total. The van der Waals surface area contributed by atoms with Crippen LogP contribution in [0.15, 0.2) is 24.3 Å². The minimum Gasteiger partial charge on any atom is -0.329 e. The van der Waals surface area contributed by atoms with Gasteiger partial charge in [-0.25, -0.2) is 0 Å². The highest BCUT2D eigenvalue weighted by atomic mass is 16.2. The third-order valence-electron chi connectivity index (χ3n) is 4.84. The van der Waals surface area contributed by atoms with Gasteiger partial charge in [-0.2, -0.15) is 0 Å². The number of likely N-dealkylation sites (tertiary alicyclic amines) is 1. The van der Waals surface area contributed by atoms with E-state index < -0.39 is 0 Å². The van der Waals surface area contributed by atoms with Crippen molar-refractivity contribution in [1.29, 1.82) is 0 Å². The van der Waals surface area contributed by atoms with Gasteiger partial charge in [0.25, 0.3) is 0 Å². The van der Waals surface area contributed by atoms with Gasteiger partial charge < -0.3 is 10.2 Å². The average Bonchev–Trinajstić information content (AvgIpc) is 2.89. The van der Waals surface area contributed by atoms with Crippen molar-refractivity contribution in [2.24, 2.45) is 0 Å². The molecular weight excluding hydrogens is 290 g/mol. The normalized spacial score (nSPS) is 22.0. The molecular formula is C18H25N3O2. The smallest absolute Gasteiger partial charge is 0.244 e. The van der Waals surface area contributed by atoms with Crippen molar-refractivity contribution in [3.05, 3.63) is 29.8 Å². The molecule has 2 heterocycles. The van der Waals surface area contributed by atoms with Gasteiger partial charge in [0.2, 0.25) is 11.8 Å². The second kappa shape index (κ2) is 6.71. The molecule has 0 aliphatic carbocycles. The van der Waals surface area contributed by atoms with Crippen LogP contribution < -0.4 is 5.32 Å². The van der Waals surface area contributed by atoms with Crippen molar-refractivity contribution >= 4 is 17.5 Å². The molecule has 2 amide bonds. The number of benzene rings is 1. The number of fused-ring (bicyclic) bond motifs is 1. The van der Waals surface area contributed by atoms with Gasteiger partial charge in [-0.3, -0.25) is 14.5 Å². The number of para-hydroxylation sites is 1. The summed E-state index contributed by atoms with van der Waals surface area (Å²) in [6.07, 6.45) is 2.73. The second-order valence-corrected chi connectivity index (χ2v) is 6.79. The summed E-state index contributed by atoms with van der Waals surface area (Å²) in [4.78, 5) is 28.9. The highest BCUT2D eigenvalue weighted by Gasteiger charge is 2.31. The minimum atomic E-state index is -0.115. The fourth-order valence-corrected chi connectivity index (χ4v) is 3.67. The van der Waals surface area contributed by atoms with Crippen LogP contribution in [0.5, 0.6) is 0 Å². The summed E-state index contributed by atoms with van der Waals surface area (Å²) in [5.74, 6) is -0.0372. The van der Waals surface area contributed by atoms with E-state index in [1.165, 1.54) is 0 Å². The number of hydrogen-bond acceptors (Lipinski definition) is 3. The van der Waals surface area contributed by atoms with Gasteiger partial charge in [0.05, 0.1) is 0 Å². The molecule has 1 atom stereocenters. The number of rotatable bonds is 3. The van der Waals surface area contributed by atoms with E-state index >= 15 is 0 Å². The molecule has 1 fully saturated rings. The van der Waals surface area contributed by atoms with E-state index in [0.29, 0.717) is 25.0 Å². The van der Waals surface area contributed by atoms with Crippen molar-refractivity contribution in [3.63, 3.8) is 0 Å². The summed E-state index contributed by atoms with van der Waals surface area (Å²) < 4.78 is 0. The summed E-state index contributed by atoms with van der Waals surface area (Å²) in [7, 11) is 0. The molecule has 0 saturated carbocycles. The van der Waals surface area contributed by atoms with Gasteiger partial charge in [0.1, 0.15) is 6.54 Å². The molecule has 3 rings (SSSR count). The molecule has 2 aliphatic rings. The van der Waals surface area contributed by atoms with Crippen LogP contribution in [0.3, 0.4) is 0 Å². The van der Waals surface area contributed by atoms with Crippen LogP contribution in [-0.2, 0) is 16.1 Å². The summed E-state index contributed by atoms with van der Waals surface area (Å²) in [5.41, 5.74) is 1.82. The highest BCUT2D eigenvalue weighted by Crippen LogP contribution is 2.25. The Balaban J connectivity index is 1.71. The summed E-state index contributed by atoms with van der Waals surface area (Å²) in [5, 5.41) is 2.88. The average molecular weight is 315 g/mol. The minimum absolute atomic E-state index is 0.0782. The van der Waals surface area contributed by atoms with Crippen LogP contribution in [-0.4, -0.2) is 46.8 Å². The van der Waals surface area contributed by atoms with E-state index in [4.69, 9.17) is 0 Å². The number of nitrogens with zero attached hydrogens (tertiary/aromatic N) is 2. The Hall–Kier alpha value is -1.88. The number of amides is 2. The van der Waals surface area contributed by atoms with E-state index in [1.54, 1.807) is 4.90 Å². The Morgan fingerprint density at radius 3 is 2.87 bits per heavy atom. The zero-order chi connectivity index (χ0) is 16.4. The number of carbonyl (C=O) groups is 2. The maximum atomic E-state index is 12.7. The van der Waals surface area contributed by atoms with Crippen molar-refractivity contribution in [2.75, 3.05) is 18.4 Å². The molecule has 2 aliphatic heterocycles. The number of anilines is 1. The monoisotopic (exact) mass is 315 g/mol. The van der Waals surface area contributed by atoms with E-state index in [0.717, 1.165) is 30.6 Å². The molecule has 1 unspecified atom stereocenters. The third-order valence-corrected chi connectivity index (χ3v) is 4.84. The largest absolute Gasteiger partial charge is 0.329 e.